The van der Waals surface area contributed by atoms with E-state index in [9.17, 15) is 4.79 Å². The minimum Gasteiger partial charge on any atom is -0.350 e. The summed E-state index contributed by atoms with van der Waals surface area (Å²) in [7, 11) is 0. The number of hydrazine groups is 1. The van der Waals surface area contributed by atoms with E-state index in [4.69, 9.17) is 5.21 Å². The van der Waals surface area contributed by atoms with Gasteiger partial charge < -0.3 is 5.73 Å². The molecule has 7 heavy (non-hydrogen) atoms. The van der Waals surface area contributed by atoms with E-state index in [2.05, 4.69) is 17.4 Å². The van der Waals surface area contributed by atoms with Gasteiger partial charge in [-0.2, -0.15) is 0 Å². The summed E-state index contributed by atoms with van der Waals surface area (Å²) < 4.78 is 0. The lowest BCUT2D eigenvalue weighted by atomic mass is 11.2. The van der Waals surface area contributed by atoms with Crippen LogP contribution in [0.3, 0.4) is 0 Å². The fourth-order valence-corrected chi connectivity index (χ4v) is 0. The van der Waals surface area contributed by atoms with Gasteiger partial charge in [0.25, 0.3) is 0 Å². The molecule has 0 aromatic rings. The maximum atomic E-state index is 9.23. The first-order valence-corrected chi connectivity index (χ1v) is 1.30. The molecule has 0 aromatic heterocycles. The second-order valence-electron chi connectivity index (χ2n) is 0.476. The van der Waals surface area contributed by atoms with Crippen molar-refractivity contribution < 1.29 is 10.0 Å². The van der Waals surface area contributed by atoms with Crippen LogP contribution in [0.2, 0.25) is 0 Å². The second kappa shape index (κ2) is 8.94. The lowest BCUT2D eigenvalue weighted by molar-refractivity contribution is 0.169. The monoisotopic (exact) mass is 108 g/mol. The highest BCUT2D eigenvalue weighted by atomic mass is 16.5. The van der Waals surface area contributed by atoms with Gasteiger partial charge in [-0.15, -0.1) is 0 Å². The number of nitrogens with one attached hydrogen (secondary N) is 1. The van der Waals surface area contributed by atoms with Crippen molar-refractivity contribution in [3.63, 3.8) is 0 Å². The van der Waals surface area contributed by atoms with Gasteiger partial charge in [0.1, 0.15) is 0 Å². The highest BCUT2D eigenvalue weighted by molar-refractivity contribution is 5.69. The first-order valence-electron chi connectivity index (χ1n) is 1.30. The Labute approximate surface area is 40.2 Å². The van der Waals surface area contributed by atoms with Gasteiger partial charge in [0.05, 0.1) is 0 Å². The zero-order chi connectivity index (χ0) is 6.28. The third-order valence-corrected chi connectivity index (χ3v) is 0.110. The molecule has 0 aliphatic heterocycles. The minimum atomic E-state index is -0.940. The first-order chi connectivity index (χ1) is 3.27. The molecule has 0 rings (SSSR count). The fraction of sp³-hybridized carbons (Fsp3) is 0. The number of hydrogen-bond donors (Lipinski definition) is 5. The van der Waals surface area contributed by atoms with Crippen molar-refractivity contribution in [1.82, 2.24) is 5.48 Å². The summed E-state index contributed by atoms with van der Waals surface area (Å²) in [5, 5.41) is 7.42. The van der Waals surface area contributed by atoms with Crippen LogP contribution in [-0.2, 0) is 0 Å². The normalized spacial score (nSPS) is 5.57. The number of hydrogen-bond acceptors (Lipinski definition) is 4. The van der Waals surface area contributed by atoms with Crippen molar-refractivity contribution >= 4 is 6.03 Å². The minimum absolute atomic E-state index is 0.940. The van der Waals surface area contributed by atoms with Crippen molar-refractivity contribution in [2.75, 3.05) is 0 Å². The average Bonchev–Trinajstić information content (AvgIpc) is 1.73. The Balaban J connectivity index is 0. The van der Waals surface area contributed by atoms with Crippen LogP contribution in [0.4, 0.5) is 4.79 Å². The molecule has 0 saturated heterocycles. The number of nitrogens with two attached hydrogens (primary N) is 3. The molecular formula is CH8N4O2. The smallest absolute Gasteiger partial charge is 0.335 e. The molecule has 0 fully saturated rings. The lowest BCUT2D eigenvalue weighted by Crippen LogP contribution is -2.25. The summed E-state index contributed by atoms with van der Waals surface area (Å²) in [4.78, 5) is 9.23. The molecule has 0 bridgehead atoms. The summed E-state index contributed by atoms with van der Waals surface area (Å²) in [5.41, 5.74) is 5.46. The third kappa shape index (κ3) is 38.6. The zero-order valence-corrected chi connectivity index (χ0v) is 3.59. The predicted octanol–water partition coefficient (Wildman–Crippen LogP) is -2.14. The Bertz CT molecular complexity index is 45.0. The molecule has 44 valence electrons. The van der Waals surface area contributed by atoms with Crippen LogP contribution >= 0.6 is 0 Å². The van der Waals surface area contributed by atoms with E-state index in [1.807, 2.05) is 0 Å². The molecule has 0 aromatic carbocycles. The summed E-state index contributed by atoms with van der Waals surface area (Å²) in [6.45, 7) is 0. The van der Waals surface area contributed by atoms with Crippen molar-refractivity contribution in [2.45, 2.75) is 0 Å². The molecule has 0 spiro atoms. The maximum Gasteiger partial charge on any atom is 0.335 e. The van der Waals surface area contributed by atoms with Gasteiger partial charge in [0.2, 0.25) is 0 Å². The van der Waals surface area contributed by atoms with Crippen LogP contribution in [0, 0.1) is 0 Å². The first kappa shape index (κ1) is 9.47. The van der Waals surface area contributed by atoms with Crippen molar-refractivity contribution in [2.24, 2.45) is 17.4 Å². The fourth-order valence-electron chi connectivity index (χ4n) is 0. The zero-order valence-electron chi connectivity index (χ0n) is 3.59. The van der Waals surface area contributed by atoms with Gasteiger partial charge in [0, 0.05) is 0 Å². The average molecular weight is 108 g/mol. The molecule has 8 N–H and O–H groups in total. The Hall–Kier alpha value is -0.850. The highest BCUT2D eigenvalue weighted by Gasteiger charge is 1.75. The van der Waals surface area contributed by atoms with E-state index in [-0.39, 0.29) is 0 Å². The Kier molecular flexibility index (Phi) is 12.1. The number of carbonyl (C=O) groups is 1. The maximum absolute atomic E-state index is 9.23. The van der Waals surface area contributed by atoms with Crippen LogP contribution in [0.5, 0.6) is 0 Å². The van der Waals surface area contributed by atoms with E-state index >= 15 is 0 Å². The van der Waals surface area contributed by atoms with E-state index in [1.165, 1.54) is 5.48 Å². The number of primary amides is 1. The standard InChI is InChI=1S/CH4N2O2.H4N2/c2-1(4)3-5;1-2/h5H,(H3,2,3,4);1-2H2. The number of rotatable bonds is 0. The number of amides is 2. The van der Waals surface area contributed by atoms with Gasteiger partial charge in [-0.05, 0) is 0 Å². The van der Waals surface area contributed by atoms with Gasteiger partial charge in [-0.1, -0.05) is 0 Å². The van der Waals surface area contributed by atoms with E-state index in [0.717, 1.165) is 0 Å². The van der Waals surface area contributed by atoms with Crippen LogP contribution in [0.1, 0.15) is 0 Å². The summed E-state index contributed by atoms with van der Waals surface area (Å²) in [6, 6.07) is -0.940. The van der Waals surface area contributed by atoms with Crippen LogP contribution in [0.15, 0.2) is 0 Å². The summed E-state index contributed by atoms with van der Waals surface area (Å²) >= 11 is 0. The Morgan fingerprint density at radius 1 is 1.57 bits per heavy atom. The second-order valence-corrected chi connectivity index (χ2v) is 0.476. The molecule has 0 unspecified atom stereocenters. The van der Waals surface area contributed by atoms with Gasteiger partial charge in [0.15, 0.2) is 0 Å². The molecule has 6 nitrogen and oxygen atoms in total. The molecule has 0 saturated carbocycles. The molecule has 0 aliphatic rings. The Morgan fingerprint density at radius 2 is 1.71 bits per heavy atom. The lowest BCUT2D eigenvalue weighted by Gasteiger charge is -1.79. The van der Waals surface area contributed by atoms with Gasteiger partial charge in [-0.3, -0.25) is 16.9 Å². The van der Waals surface area contributed by atoms with Crippen LogP contribution < -0.4 is 22.9 Å². The van der Waals surface area contributed by atoms with Gasteiger partial charge in [-0.25, -0.2) is 10.3 Å². The topological polar surface area (TPSA) is 127 Å². The molecule has 0 atom stereocenters. The van der Waals surface area contributed by atoms with Crippen molar-refractivity contribution in [1.29, 1.82) is 0 Å². The largest absolute Gasteiger partial charge is 0.350 e. The molecule has 6 heteroatoms. The number of hydroxylamine groups is 1. The summed E-state index contributed by atoms with van der Waals surface area (Å²) in [5.74, 6) is 8.00. The molecular weight excluding hydrogens is 100 g/mol. The van der Waals surface area contributed by atoms with E-state index < -0.39 is 6.03 Å². The molecule has 0 heterocycles. The third-order valence-electron chi connectivity index (χ3n) is 0.110. The van der Waals surface area contributed by atoms with Crippen molar-refractivity contribution in [3.8, 4) is 0 Å². The predicted molar refractivity (Wildman–Crippen MR) is 22.9 cm³/mol. The molecule has 0 aliphatic carbocycles. The van der Waals surface area contributed by atoms with E-state index in [0.29, 0.717) is 0 Å². The van der Waals surface area contributed by atoms with Crippen LogP contribution in [-0.4, -0.2) is 11.2 Å². The Morgan fingerprint density at radius 3 is 1.71 bits per heavy atom. The summed E-state index contributed by atoms with van der Waals surface area (Å²) in [6.07, 6.45) is 0. The number of urea groups is 1. The van der Waals surface area contributed by atoms with Crippen LogP contribution in [0.25, 0.3) is 0 Å². The highest BCUT2D eigenvalue weighted by Crippen LogP contribution is 1.38. The van der Waals surface area contributed by atoms with E-state index in [1.54, 1.807) is 0 Å². The SMILES string of the molecule is NC(=O)NO.NN. The molecule has 0 radical (unpaired) electrons. The van der Waals surface area contributed by atoms with Gasteiger partial charge >= 0.3 is 6.03 Å². The number of carbonyl (C=O) groups excluding carboxylic acids is 1. The quantitative estimate of drug-likeness (QED) is 0.138. The van der Waals surface area contributed by atoms with Crippen molar-refractivity contribution in [3.05, 3.63) is 0 Å². The molecule has 2 amide bonds.